The molecule has 33 heavy (non-hydrogen) atoms. The van der Waals surface area contributed by atoms with Crippen molar-refractivity contribution in [2.45, 2.75) is 84.7 Å². The highest BCUT2D eigenvalue weighted by Crippen LogP contribution is 2.28. The standard InChI is InChI=1S/C29H42O4/c1-7-10-26-24(5)16-18-28(33-26)27(31-6)13-8-11-21(2)19-23(4)20-22(3)15-17-25-12-9-14-29(30)32-25/h7-11,13-15,17,20,23-28H,12,16,18-19H2,1-6H3/b10-7+,13-8+,17-15+,21-11+,22-20-. The third-order valence-electron chi connectivity index (χ3n) is 6.16. The number of allylic oxidation sites excluding steroid dienone is 7. The van der Waals surface area contributed by atoms with E-state index < -0.39 is 0 Å². The van der Waals surface area contributed by atoms with Crippen molar-refractivity contribution in [3.8, 4) is 0 Å². The fourth-order valence-electron chi connectivity index (χ4n) is 4.40. The zero-order chi connectivity index (χ0) is 24.2. The summed E-state index contributed by atoms with van der Waals surface area (Å²) in [7, 11) is 1.76. The average molecular weight is 455 g/mol. The quantitative estimate of drug-likeness (QED) is 0.210. The van der Waals surface area contributed by atoms with Crippen molar-refractivity contribution in [2.24, 2.45) is 11.8 Å². The van der Waals surface area contributed by atoms with E-state index in [1.165, 1.54) is 17.2 Å². The van der Waals surface area contributed by atoms with Crippen molar-refractivity contribution in [2.75, 3.05) is 7.11 Å². The molecular weight excluding hydrogens is 412 g/mol. The van der Waals surface area contributed by atoms with Gasteiger partial charge in [0.05, 0.1) is 12.2 Å². The topological polar surface area (TPSA) is 44.8 Å². The van der Waals surface area contributed by atoms with Gasteiger partial charge in [0, 0.05) is 19.6 Å². The van der Waals surface area contributed by atoms with Crippen molar-refractivity contribution >= 4 is 5.97 Å². The summed E-state index contributed by atoms with van der Waals surface area (Å²) >= 11 is 0. The Balaban J connectivity index is 1.86. The van der Waals surface area contributed by atoms with Crippen molar-refractivity contribution < 1.29 is 19.0 Å². The van der Waals surface area contributed by atoms with Gasteiger partial charge in [0.15, 0.2) is 0 Å². The van der Waals surface area contributed by atoms with E-state index in [0.717, 1.165) is 25.7 Å². The Labute approximate surface area is 200 Å². The number of rotatable bonds is 10. The fraction of sp³-hybridized carbons (Fsp3) is 0.552. The summed E-state index contributed by atoms with van der Waals surface area (Å²) in [5.41, 5.74) is 2.49. The molecule has 2 rings (SSSR count). The predicted octanol–water partition coefficient (Wildman–Crippen LogP) is 6.66. The predicted molar refractivity (Wildman–Crippen MR) is 136 cm³/mol. The van der Waals surface area contributed by atoms with Crippen LogP contribution in [0.1, 0.15) is 60.3 Å². The smallest absolute Gasteiger partial charge is 0.331 e. The number of carbonyl (C=O) groups is 1. The first-order chi connectivity index (χ1) is 15.8. The molecule has 0 aromatic heterocycles. The summed E-state index contributed by atoms with van der Waals surface area (Å²) in [5.74, 6) is 0.692. The van der Waals surface area contributed by atoms with Crippen LogP contribution in [0.25, 0.3) is 0 Å². The summed E-state index contributed by atoms with van der Waals surface area (Å²) in [6.07, 6.45) is 24.2. The monoisotopic (exact) mass is 454 g/mol. The van der Waals surface area contributed by atoms with E-state index >= 15 is 0 Å². The largest absolute Gasteiger partial charge is 0.455 e. The second-order valence-electron chi connectivity index (χ2n) is 9.38. The molecule has 0 N–H and O–H groups in total. The summed E-state index contributed by atoms with van der Waals surface area (Å²) in [6.45, 7) is 10.8. The maximum absolute atomic E-state index is 11.3. The average Bonchev–Trinajstić information content (AvgIpc) is 2.77. The number of hydrogen-bond donors (Lipinski definition) is 0. The molecule has 2 heterocycles. The molecule has 0 radical (unpaired) electrons. The third-order valence-corrected chi connectivity index (χ3v) is 6.16. The van der Waals surface area contributed by atoms with E-state index in [1.807, 2.05) is 25.2 Å². The van der Waals surface area contributed by atoms with Crippen LogP contribution in [-0.2, 0) is 19.0 Å². The Bertz CT molecular complexity index is 798. The lowest BCUT2D eigenvalue weighted by Crippen LogP contribution is -2.39. The molecular formula is C29H42O4. The third kappa shape index (κ3) is 9.69. The van der Waals surface area contributed by atoms with Gasteiger partial charge in [-0.1, -0.05) is 73.6 Å². The molecule has 1 saturated heterocycles. The summed E-state index contributed by atoms with van der Waals surface area (Å²) < 4.78 is 17.3. The molecule has 0 spiro atoms. The van der Waals surface area contributed by atoms with Crippen molar-refractivity contribution in [3.05, 3.63) is 71.9 Å². The van der Waals surface area contributed by atoms with Gasteiger partial charge < -0.3 is 14.2 Å². The summed E-state index contributed by atoms with van der Waals surface area (Å²) in [5, 5.41) is 0. The van der Waals surface area contributed by atoms with Gasteiger partial charge in [0.2, 0.25) is 0 Å². The van der Waals surface area contributed by atoms with Gasteiger partial charge in [0.25, 0.3) is 0 Å². The van der Waals surface area contributed by atoms with Gasteiger partial charge in [-0.2, -0.15) is 0 Å². The maximum atomic E-state index is 11.3. The highest BCUT2D eigenvalue weighted by atomic mass is 16.5. The number of methoxy groups -OCH3 is 1. The number of esters is 1. The first-order valence-corrected chi connectivity index (χ1v) is 12.2. The molecule has 0 aromatic rings. The van der Waals surface area contributed by atoms with Gasteiger partial charge in [-0.15, -0.1) is 0 Å². The molecule has 4 heteroatoms. The molecule has 0 aromatic carbocycles. The van der Waals surface area contributed by atoms with Crippen LogP contribution in [0.4, 0.5) is 0 Å². The SMILES string of the molecule is C/C=C/C1OC(C(/C=C/C=C(\C)CC(C)/C=C(C)\C=C\C2CC=CC(=O)O2)OC)CCC1C. The minimum atomic E-state index is -0.266. The normalized spacial score (nSPS) is 29.2. The molecule has 2 aliphatic rings. The van der Waals surface area contributed by atoms with Crippen molar-refractivity contribution in [3.63, 3.8) is 0 Å². The van der Waals surface area contributed by atoms with Gasteiger partial charge in [-0.25, -0.2) is 4.79 Å². The molecule has 4 nitrogen and oxygen atoms in total. The summed E-state index contributed by atoms with van der Waals surface area (Å²) in [6, 6.07) is 0. The van der Waals surface area contributed by atoms with Crippen molar-refractivity contribution in [1.29, 1.82) is 0 Å². The van der Waals surface area contributed by atoms with Crippen molar-refractivity contribution in [1.82, 2.24) is 0 Å². The molecule has 6 atom stereocenters. The van der Waals surface area contributed by atoms with E-state index in [9.17, 15) is 4.79 Å². The van der Waals surface area contributed by atoms with Gasteiger partial charge in [-0.05, 0) is 57.9 Å². The van der Waals surface area contributed by atoms with E-state index in [1.54, 1.807) is 7.11 Å². The zero-order valence-electron chi connectivity index (χ0n) is 21.2. The lowest BCUT2D eigenvalue weighted by molar-refractivity contribution is -0.141. The number of hydrogen-bond acceptors (Lipinski definition) is 4. The first-order valence-electron chi connectivity index (χ1n) is 12.2. The van der Waals surface area contributed by atoms with E-state index in [2.05, 4.69) is 64.2 Å². The van der Waals surface area contributed by atoms with Crippen LogP contribution in [0.2, 0.25) is 0 Å². The van der Waals surface area contributed by atoms with Crippen LogP contribution in [0.5, 0.6) is 0 Å². The van der Waals surface area contributed by atoms with Crippen LogP contribution >= 0.6 is 0 Å². The molecule has 1 fully saturated rings. The molecule has 182 valence electrons. The van der Waals surface area contributed by atoms with Crippen LogP contribution < -0.4 is 0 Å². The van der Waals surface area contributed by atoms with Gasteiger partial charge in [0.1, 0.15) is 12.2 Å². The van der Waals surface area contributed by atoms with E-state index in [-0.39, 0.29) is 30.4 Å². The van der Waals surface area contributed by atoms with Crippen LogP contribution in [0, 0.1) is 11.8 Å². The Hall–Kier alpha value is -2.17. The lowest BCUT2D eigenvalue weighted by Gasteiger charge is -2.36. The summed E-state index contributed by atoms with van der Waals surface area (Å²) in [4.78, 5) is 11.3. The molecule has 0 saturated carbocycles. The van der Waals surface area contributed by atoms with Gasteiger partial charge >= 0.3 is 5.97 Å². The van der Waals surface area contributed by atoms with Crippen LogP contribution in [0.15, 0.2) is 71.9 Å². The number of cyclic esters (lactones) is 1. The van der Waals surface area contributed by atoms with E-state index in [4.69, 9.17) is 14.2 Å². The van der Waals surface area contributed by atoms with Gasteiger partial charge in [-0.3, -0.25) is 0 Å². The minimum Gasteiger partial charge on any atom is -0.455 e. The highest BCUT2D eigenvalue weighted by Gasteiger charge is 2.30. The second kappa shape index (κ2) is 14.2. The first kappa shape index (κ1) is 27.1. The van der Waals surface area contributed by atoms with E-state index in [0.29, 0.717) is 11.8 Å². The molecule has 0 bridgehead atoms. The van der Waals surface area contributed by atoms with Crippen LogP contribution in [-0.4, -0.2) is 37.5 Å². The molecule has 2 aliphatic heterocycles. The second-order valence-corrected chi connectivity index (χ2v) is 9.38. The Morgan fingerprint density at radius 3 is 2.76 bits per heavy atom. The Morgan fingerprint density at radius 2 is 2.06 bits per heavy atom. The molecule has 0 aliphatic carbocycles. The Kier molecular flexibility index (Phi) is 11.6. The zero-order valence-corrected chi connectivity index (χ0v) is 21.2. The maximum Gasteiger partial charge on any atom is 0.331 e. The Morgan fingerprint density at radius 1 is 1.27 bits per heavy atom. The fourth-order valence-corrected chi connectivity index (χ4v) is 4.40. The molecule has 0 amide bonds. The minimum absolute atomic E-state index is 0.0391. The lowest BCUT2D eigenvalue weighted by atomic mass is 9.91. The number of ether oxygens (including phenoxy) is 3. The number of carbonyl (C=O) groups excluding carboxylic acids is 1. The van der Waals surface area contributed by atoms with Crippen LogP contribution in [0.3, 0.4) is 0 Å². The molecule has 6 unspecified atom stereocenters. The highest BCUT2D eigenvalue weighted by molar-refractivity contribution is 5.82.